The molecule has 0 N–H and O–H groups in total. The quantitative estimate of drug-likeness (QED) is 0.596. The Morgan fingerprint density at radius 3 is 2.30 bits per heavy atom. The molecule has 172 valence electrons. The maximum atomic E-state index is 13.6. The molecule has 3 aromatic rings. The van der Waals surface area contributed by atoms with Crippen molar-refractivity contribution in [3.05, 3.63) is 59.6 Å². The van der Waals surface area contributed by atoms with E-state index in [2.05, 4.69) is 11.9 Å². The Labute approximate surface area is 198 Å². The molecule has 0 unspecified atom stereocenters. The van der Waals surface area contributed by atoms with E-state index in [1.165, 1.54) is 0 Å². The van der Waals surface area contributed by atoms with Gasteiger partial charge in [0.2, 0.25) is 5.91 Å². The van der Waals surface area contributed by atoms with Crippen molar-refractivity contribution in [3.63, 3.8) is 0 Å². The topological polar surface area (TPSA) is 61.7 Å². The van der Waals surface area contributed by atoms with E-state index in [0.717, 1.165) is 55.3 Å². The minimum Gasteiger partial charge on any atom is -0.340 e. The molecule has 4 heterocycles. The number of likely N-dealkylation sites (tertiary alicyclic amines) is 1. The summed E-state index contributed by atoms with van der Waals surface area (Å²) in [6.45, 7) is 4.67. The monoisotopic (exact) mass is 463 g/mol. The van der Waals surface area contributed by atoms with Crippen LogP contribution in [-0.4, -0.2) is 82.6 Å². The lowest BCUT2D eigenvalue weighted by Crippen LogP contribution is -2.51. The van der Waals surface area contributed by atoms with Crippen LogP contribution in [0.25, 0.3) is 16.3 Å². The van der Waals surface area contributed by atoms with Crippen molar-refractivity contribution in [2.45, 2.75) is 12.8 Å². The Kier molecular flexibility index (Phi) is 6.28. The summed E-state index contributed by atoms with van der Waals surface area (Å²) in [6.07, 6.45) is 3.28. The predicted molar refractivity (Wildman–Crippen MR) is 130 cm³/mol. The van der Waals surface area contributed by atoms with Gasteiger partial charge in [0, 0.05) is 51.4 Å². The highest BCUT2D eigenvalue weighted by Crippen LogP contribution is 2.30. The predicted octanol–water partition coefficient (Wildman–Crippen LogP) is 3.23. The third-order valence-electron chi connectivity index (χ3n) is 6.67. The second-order valence-electron chi connectivity index (χ2n) is 8.84. The fraction of sp³-hybridized carbons (Fsp3) is 0.400. The summed E-state index contributed by atoms with van der Waals surface area (Å²) in [5.74, 6) is 0.263. The third kappa shape index (κ3) is 4.58. The van der Waals surface area contributed by atoms with Crippen molar-refractivity contribution < 1.29 is 9.59 Å². The van der Waals surface area contributed by atoms with E-state index in [0.29, 0.717) is 18.7 Å². The number of thiophene rings is 1. The lowest BCUT2D eigenvalue weighted by molar-refractivity contribution is -0.138. The number of nitrogens with zero attached hydrogens (tertiary/aromatic N) is 5. The van der Waals surface area contributed by atoms with Crippen molar-refractivity contribution in [1.29, 1.82) is 0 Å². The maximum absolute atomic E-state index is 13.6. The maximum Gasteiger partial charge on any atom is 0.257 e. The summed E-state index contributed by atoms with van der Waals surface area (Å²) in [5, 5.41) is 6.76. The number of hydrogen-bond donors (Lipinski definition) is 0. The molecule has 2 aromatic heterocycles. The fourth-order valence-electron chi connectivity index (χ4n) is 4.62. The molecular formula is C25H29N5O2S. The van der Waals surface area contributed by atoms with Crippen LogP contribution in [0.4, 0.5) is 0 Å². The molecule has 33 heavy (non-hydrogen) atoms. The number of carbonyl (C=O) groups excluding carboxylic acids is 2. The van der Waals surface area contributed by atoms with Crippen LogP contribution in [0.3, 0.4) is 0 Å². The largest absolute Gasteiger partial charge is 0.340 e. The van der Waals surface area contributed by atoms with E-state index in [1.54, 1.807) is 16.0 Å². The van der Waals surface area contributed by atoms with E-state index >= 15 is 0 Å². The van der Waals surface area contributed by atoms with Crippen molar-refractivity contribution in [3.8, 4) is 16.3 Å². The number of hydrogen-bond acceptors (Lipinski definition) is 5. The van der Waals surface area contributed by atoms with Crippen LogP contribution in [0.5, 0.6) is 0 Å². The Morgan fingerprint density at radius 1 is 0.909 bits per heavy atom. The molecule has 0 saturated carbocycles. The van der Waals surface area contributed by atoms with Crippen LogP contribution < -0.4 is 0 Å². The van der Waals surface area contributed by atoms with Gasteiger partial charge in [0.1, 0.15) is 5.69 Å². The second-order valence-corrected chi connectivity index (χ2v) is 9.79. The highest BCUT2D eigenvalue weighted by atomic mass is 32.1. The van der Waals surface area contributed by atoms with Crippen molar-refractivity contribution in [2.24, 2.45) is 5.92 Å². The molecule has 0 bridgehead atoms. The van der Waals surface area contributed by atoms with E-state index in [1.807, 2.05) is 63.8 Å². The van der Waals surface area contributed by atoms with Gasteiger partial charge in [-0.2, -0.15) is 5.10 Å². The van der Waals surface area contributed by atoms with E-state index in [9.17, 15) is 9.59 Å². The molecular weight excluding hydrogens is 434 g/mol. The van der Waals surface area contributed by atoms with Gasteiger partial charge in [-0.3, -0.25) is 9.59 Å². The number of carbonyl (C=O) groups is 2. The number of benzene rings is 1. The van der Waals surface area contributed by atoms with Crippen LogP contribution in [0.15, 0.2) is 54.0 Å². The lowest BCUT2D eigenvalue weighted by Gasteiger charge is -2.37. The van der Waals surface area contributed by atoms with Gasteiger partial charge in [0.25, 0.3) is 5.91 Å². The molecule has 2 amide bonds. The minimum absolute atomic E-state index is 0.00826. The van der Waals surface area contributed by atoms with Crippen LogP contribution in [0.1, 0.15) is 23.2 Å². The first-order valence-electron chi connectivity index (χ1n) is 11.6. The van der Waals surface area contributed by atoms with Crippen LogP contribution in [0, 0.1) is 5.92 Å². The highest BCUT2D eigenvalue weighted by molar-refractivity contribution is 7.13. The van der Waals surface area contributed by atoms with Crippen molar-refractivity contribution in [1.82, 2.24) is 24.5 Å². The number of rotatable bonds is 4. The van der Waals surface area contributed by atoms with Gasteiger partial charge >= 0.3 is 0 Å². The standard InChI is InChI=1S/C25H29N5O2S/c1-27-13-15-29(16-14-27)24(31)19-9-11-28(12-10-19)25(32)21-18-30(20-6-3-2-4-7-20)26-23(21)22-8-5-17-33-22/h2-8,17-19H,9-16H2,1H3. The molecule has 2 saturated heterocycles. The Balaban J connectivity index is 1.31. The fourth-order valence-corrected chi connectivity index (χ4v) is 5.35. The second kappa shape index (κ2) is 9.49. The number of piperidine rings is 1. The van der Waals surface area contributed by atoms with Crippen molar-refractivity contribution in [2.75, 3.05) is 46.3 Å². The smallest absolute Gasteiger partial charge is 0.257 e. The van der Waals surface area contributed by atoms with Gasteiger partial charge in [0.15, 0.2) is 0 Å². The summed E-state index contributed by atoms with van der Waals surface area (Å²) in [4.78, 5) is 33.6. The summed E-state index contributed by atoms with van der Waals surface area (Å²) in [5.41, 5.74) is 2.26. The first-order chi connectivity index (χ1) is 16.1. The van der Waals surface area contributed by atoms with Gasteiger partial charge in [-0.15, -0.1) is 11.3 Å². The third-order valence-corrected chi connectivity index (χ3v) is 7.54. The van der Waals surface area contributed by atoms with Gasteiger partial charge in [-0.25, -0.2) is 4.68 Å². The zero-order valence-corrected chi connectivity index (χ0v) is 19.7. The number of amides is 2. The SMILES string of the molecule is CN1CCN(C(=O)C2CCN(C(=O)c3cn(-c4ccccc4)nc3-c3cccs3)CC2)CC1. The zero-order valence-electron chi connectivity index (χ0n) is 18.9. The minimum atomic E-state index is -0.00826. The molecule has 0 atom stereocenters. The molecule has 0 aliphatic carbocycles. The number of aromatic nitrogens is 2. The summed E-state index contributed by atoms with van der Waals surface area (Å²) < 4.78 is 1.78. The lowest BCUT2D eigenvalue weighted by atomic mass is 9.94. The van der Waals surface area contributed by atoms with Crippen LogP contribution >= 0.6 is 11.3 Å². The number of likely N-dealkylation sites (N-methyl/N-ethyl adjacent to an activating group) is 1. The van der Waals surface area contributed by atoms with Gasteiger partial charge < -0.3 is 14.7 Å². The zero-order chi connectivity index (χ0) is 22.8. The molecule has 0 radical (unpaired) electrons. The Hall–Kier alpha value is -2.97. The highest BCUT2D eigenvalue weighted by Gasteiger charge is 2.33. The van der Waals surface area contributed by atoms with Crippen molar-refractivity contribution >= 4 is 23.2 Å². The van der Waals surface area contributed by atoms with Gasteiger partial charge in [-0.05, 0) is 43.5 Å². The first kappa shape index (κ1) is 21.9. The number of piperazine rings is 1. The average molecular weight is 464 g/mol. The van der Waals surface area contributed by atoms with E-state index in [4.69, 9.17) is 5.10 Å². The molecule has 2 aliphatic heterocycles. The normalized spacial score (nSPS) is 18.0. The molecule has 7 nitrogen and oxygen atoms in total. The Bertz CT molecular complexity index is 1100. The molecule has 8 heteroatoms. The summed E-state index contributed by atoms with van der Waals surface area (Å²) >= 11 is 1.58. The Morgan fingerprint density at radius 2 is 1.64 bits per heavy atom. The summed E-state index contributed by atoms with van der Waals surface area (Å²) in [6, 6.07) is 13.8. The first-order valence-corrected chi connectivity index (χ1v) is 12.4. The molecule has 5 rings (SSSR count). The van der Waals surface area contributed by atoms with Gasteiger partial charge in [-0.1, -0.05) is 24.3 Å². The van der Waals surface area contributed by atoms with Crippen LogP contribution in [-0.2, 0) is 4.79 Å². The molecule has 0 spiro atoms. The van der Waals surface area contributed by atoms with Gasteiger partial charge in [0.05, 0.1) is 16.1 Å². The molecule has 2 aliphatic rings. The van der Waals surface area contributed by atoms with E-state index in [-0.39, 0.29) is 17.7 Å². The average Bonchev–Trinajstić information content (AvgIpc) is 3.55. The molecule has 2 fully saturated rings. The van der Waals surface area contributed by atoms with E-state index < -0.39 is 0 Å². The summed E-state index contributed by atoms with van der Waals surface area (Å²) in [7, 11) is 2.09. The number of para-hydroxylation sites is 1. The van der Waals surface area contributed by atoms with Crippen LogP contribution in [0.2, 0.25) is 0 Å². The molecule has 1 aromatic carbocycles.